The molecule has 1 aromatic heterocycles. The number of anilines is 1. The third kappa shape index (κ3) is 3.19. The number of nitrogens with two attached hydrogens (primary N) is 1. The lowest BCUT2D eigenvalue weighted by atomic mass is 10.1. The minimum absolute atomic E-state index is 0.0238. The van der Waals surface area contributed by atoms with E-state index in [1.54, 1.807) is 24.1 Å². The van der Waals surface area contributed by atoms with Crippen molar-refractivity contribution in [2.45, 2.75) is 18.9 Å². The predicted octanol–water partition coefficient (Wildman–Crippen LogP) is -0.282. The van der Waals surface area contributed by atoms with Gasteiger partial charge in [-0.05, 0) is 18.6 Å². The van der Waals surface area contributed by atoms with Gasteiger partial charge in [0, 0.05) is 26.1 Å². The molecule has 4 N–H and O–H groups in total. The molecular weight excluding hydrogens is 246 g/mol. The molecule has 7 nitrogen and oxygen atoms in total. The van der Waals surface area contributed by atoms with Gasteiger partial charge >= 0.3 is 0 Å². The molecule has 19 heavy (non-hydrogen) atoms. The molecule has 102 valence electrons. The first-order valence-corrected chi connectivity index (χ1v) is 6.07. The van der Waals surface area contributed by atoms with Crippen LogP contribution in [0.1, 0.15) is 23.3 Å². The van der Waals surface area contributed by atoms with Gasteiger partial charge in [0.1, 0.15) is 5.69 Å². The minimum Gasteiger partial charge on any atom is -0.346 e. The van der Waals surface area contributed by atoms with Crippen LogP contribution in [0.15, 0.2) is 18.3 Å². The van der Waals surface area contributed by atoms with Crippen molar-refractivity contribution in [1.82, 2.24) is 15.2 Å². The summed E-state index contributed by atoms with van der Waals surface area (Å²) in [6.07, 6.45) is 2.62. The number of carbonyl (C=O) groups excluding carboxylic acids is 2. The Morgan fingerprint density at radius 3 is 2.89 bits per heavy atom. The summed E-state index contributed by atoms with van der Waals surface area (Å²) < 4.78 is 0. The topological polar surface area (TPSA) is 100 Å². The van der Waals surface area contributed by atoms with Gasteiger partial charge in [0.25, 0.3) is 5.91 Å². The molecule has 0 bridgehead atoms. The van der Waals surface area contributed by atoms with Crippen molar-refractivity contribution in [3.63, 3.8) is 0 Å². The Hall–Kier alpha value is -2.15. The second kappa shape index (κ2) is 5.66. The number of carbonyl (C=O) groups is 2. The van der Waals surface area contributed by atoms with E-state index in [2.05, 4.69) is 15.7 Å². The Morgan fingerprint density at radius 1 is 1.53 bits per heavy atom. The van der Waals surface area contributed by atoms with Gasteiger partial charge in [-0.3, -0.25) is 15.4 Å². The first-order valence-electron chi connectivity index (χ1n) is 6.07. The molecule has 2 rings (SSSR count). The molecule has 1 aliphatic heterocycles. The van der Waals surface area contributed by atoms with Crippen LogP contribution < -0.4 is 16.6 Å². The number of nitrogens with zero attached hydrogens (tertiary/aromatic N) is 2. The Balaban J connectivity index is 1.95. The zero-order valence-electron chi connectivity index (χ0n) is 10.7. The quantitative estimate of drug-likeness (QED) is 0.514. The van der Waals surface area contributed by atoms with E-state index in [0.29, 0.717) is 30.8 Å². The van der Waals surface area contributed by atoms with Crippen LogP contribution in [0.25, 0.3) is 0 Å². The van der Waals surface area contributed by atoms with Gasteiger partial charge in [0.05, 0.1) is 11.9 Å². The summed E-state index contributed by atoms with van der Waals surface area (Å²) in [5.74, 6) is 5.10. The molecule has 1 aromatic rings. The summed E-state index contributed by atoms with van der Waals surface area (Å²) >= 11 is 0. The second-order valence-corrected chi connectivity index (χ2v) is 4.56. The van der Waals surface area contributed by atoms with Gasteiger partial charge in [0.2, 0.25) is 5.91 Å². The lowest BCUT2D eigenvalue weighted by molar-refractivity contribution is -0.132. The first-order chi connectivity index (χ1) is 9.10. The average Bonchev–Trinajstić information content (AvgIpc) is 2.43. The third-order valence-electron chi connectivity index (χ3n) is 3.12. The summed E-state index contributed by atoms with van der Waals surface area (Å²) in [6, 6.07) is 3.25. The van der Waals surface area contributed by atoms with Crippen LogP contribution in [0.4, 0.5) is 5.69 Å². The predicted molar refractivity (Wildman–Crippen MR) is 70.2 cm³/mol. The second-order valence-electron chi connectivity index (χ2n) is 4.56. The van der Waals surface area contributed by atoms with Crippen LogP contribution in [-0.2, 0) is 4.79 Å². The molecule has 0 spiro atoms. The van der Waals surface area contributed by atoms with Crippen molar-refractivity contribution in [2.24, 2.45) is 5.84 Å². The van der Waals surface area contributed by atoms with E-state index >= 15 is 0 Å². The molecular formula is C12H17N5O2. The molecule has 0 saturated carbocycles. The Kier molecular flexibility index (Phi) is 3.96. The van der Waals surface area contributed by atoms with Crippen molar-refractivity contribution < 1.29 is 9.59 Å². The monoisotopic (exact) mass is 263 g/mol. The molecule has 7 heteroatoms. The van der Waals surface area contributed by atoms with Gasteiger partial charge in [-0.2, -0.15) is 0 Å². The molecule has 1 saturated heterocycles. The van der Waals surface area contributed by atoms with Gasteiger partial charge in [0.15, 0.2) is 0 Å². The van der Waals surface area contributed by atoms with E-state index in [9.17, 15) is 9.59 Å². The number of nitrogens with one attached hydrogen (secondary N) is 2. The first kappa shape index (κ1) is 13.3. The molecule has 2 heterocycles. The van der Waals surface area contributed by atoms with Crippen molar-refractivity contribution >= 4 is 17.5 Å². The van der Waals surface area contributed by atoms with Crippen molar-refractivity contribution in [1.29, 1.82) is 0 Å². The zero-order chi connectivity index (χ0) is 13.8. The van der Waals surface area contributed by atoms with E-state index in [1.807, 2.05) is 0 Å². The average molecular weight is 263 g/mol. The maximum Gasteiger partial charge on any atom is 0.270 e. The number of pyridine rings is 1. The number of likely N-dealkylation sites (N-methyl/N-ethyl adjacent to an activating group) is 1. The van der Waals surface area contributed by atoms with Crippen molar-refractivity contribution in [3.05, 3.63) is 24.0 Å². The number of rotatable bonds is 3. The van der Waals surface area contributed by atoms with Crippen LogP contribution in [-0.4, -0.2) is 41.3 Å². The number of hydrazine groups is 1. The Morgan fingerprint density at radius 2 is 2.32 bits per heavy atom. The standard InChI is InChI=1S/C12H17N5O2/c1-17-7-9(3-5-11(17)18)15-12(19)10-4-2-8(16-13)6-14-10/h2,4,6,9,16H,3,5,7,13H2,1H3,(H,15,19). The van der Waals surface area contributed by atoms with E-state index in [-0.39, 0.29) is 17.9 Å². The summed E-state index contributed by atoms with van der Waals surface area (Å²) in [5.41, 5.74) is 3.42. The number of piperidine rings is 1. The van der Waals surface area contributed by atoms with Crippen LogP contribution in [0.3, 0.4) is 0 Å². The van der Waals surface area contributed by atoms with E-state index in [0.717, 1.165) is 0 Å². The van der Waals surface area contributed by atoms with E-state index in [1.165, 1.54) is 6.20 Å². The summed E-state index contributed by atoms with van der Waals surface area (Å²) in [4.78, 5) is 29.0. The number of aromatic nitrogens is 1. The van der Waals surface area contributed by atoms with Gasteiger partial charge in [-0.25, -0.2) is 4.98 Å². The number of hydrogen-bond acceptors (Lipinski definition) is 5. The van der Waals surface area contributed by atoms with Crippen LogP contribution in [0.2, 0.25) is 0 Å². The van der Waals surface area contributed by atoms with Crippen molar-refractivity contribution in [2.75, 3.05) is 19.0 Å². The highest BCUT2D eigenvalue weighted by Gasteiger charge is 2.24. The van der Waals surface area contributed by atoms with Gasteiger partial charge in [-0.1, -0.05) is 0 Å². The lowest BCUT2D eigenvalue weighted by Gasteiger charge is -2.30. The molecule has 0 aliphatic carbocycles. The fourth-order valence-electron chi connectivity index (χ4n) is 2.00. The number of likely N-dealkylation sites (tertiary alicyclic amines) is 1. The summed E-state index contributed by atoms with van der Waals surface area (Å²) in [7, 11) is 1.74. The highest BCUT2D eigenvalue weighted by atomic mass is 16.2. The van der Waals surface area contributed by atoms with Crippen molar-refractivity contribution in [3.8, 4) is 0 Å². The fraction of sp³-hybridized carbons (Fsp3) is 0.417. The van der Waals surface area contributed by atoms with E-state index in [4.69, 9.17) is 5.84 Å². The summed E-state index contributed by atoms with van der Waals surface area (Å²) in [5, 5.41) is 2.88. The lowest BCUT2D eigenvalue weighted by Crippen LogP contribution is -2.48. The van der Waals surface area contributed by atoms with Gasteiger partial charge in [-0.15, -0.1) is 0 Å². The van der Waals surface area contributed by atoms with Crippen LogP contribution in [0.5, 0.6) is 0 Å². The maximum absolute atomic E-state index is 12.0. The largest absolute Gasteiger partial charge is 0.346 e. The molecule has 1 fully saturated rings. The molecule has 1 unspecified atom stereocenters. The molecule has 0 aromatic carbocycles. The van der Waals surface area contributed by atoms with Crippen LogP contribution >= 0.6 is 0 Å². The van der Waals surface area contributed by atoms with E-state index < -0.39 is 0 Å². The SMILES string of the molecule is CN1CC(NC(=O)c2ccc(NN)cn2)CCC1=O. The fourth-order valence-corrected chi connectivity index (χ4v) is 2.00. The molecule has 1 atom stereocenters. The normalized spacial score (nSPS) is 19.2. The molecule has 2 amide bonds. The zero-order valence-corrected chi connectivity index (χ0v) is 10.7. The smallest absolute Gasteiger partial charge is 0.270 e. The number of amides is 2. The highest BCUT2D eigenvalue weighted by Crippen LogP contribution is 2.10. The minimum atomic E-state index is -0.240. The third-order valence-corrected chi connectivity index (χ3v) is 3.12. The molecule has 0 radical (unpaired) electrons. The summed E-state index contributed by atoms with van der Waals surface area (Å²) in [6.45, 7) is 0.535. The number of nitrogen functional groups attached to an aromatic ring is 1. The maximum atomic E-state index is 12.0. The van der Waals surface area contributed by atoms with Gasteiger partial charge < -0.3 is 15.6 Å². The highest BCUT2D eigenvalue weighted by molar-refractivity contribution is 5.92. The Bertz CT molecular complexity index is 474. The molecule has 1 aliphatic rings. The number of hydrogen-bond donors (Lipinski definition) is 3. The van der Waals surface area contributed by atoms with Crippen LogP contribution in [0, 0.1) is 0 Å². The Labute approximate surface area is 111 Å².